The minimum atomic E-state index is -4.53. The van der Waals surface area contributed by atoms with Crippen LogP contribution in [0.1, 0.15) is 46.5 Å². The largest absolute Gasteiger partial charge is 1.00 e. The Kier molecular flexibility index (Phi) is 10.7. The maximum absolute atomic E-state index is 10.4. The molecular weight excluding hydrogens is 239 g/mol. The summed E-state index contributed by atoms with van der Waals surface area (Å²) >= 11 is 0. The second-order valence-corrected chi connectivity index (χ2v) is 6.14. The second kappa shape index (κ2) is 8.89. The third kappa shape index (κ3) is 10.1. The average molecular weight is 260 g/mol. The van der Waals surface area contributed by atoms with Gasteiger partial charge in [-0.3, -0.25) is 0 Å². The first-order valence-electron chi connectivity index (χ1n) is 5.36. The molecule has 6 heteroatoms. The van der Waals surface area contributed by atoms with Gasteiger partial charge in [0, 0.05) is 0 Å². The molecule has 0 heterocycles. The van der Waals surface area contributed by atoms with Gasteiger partial charge >= 0.3 is 29.6 Å². The van der Waals surface area contributed by atoms with Crippen LogP contribution in [0.2, 0.25) is 0 Å². The molecular formula is C10H21NaO4S. The SMILES string of the molecule is CC(C)CCCC(C)CC(O)S(=O)(=O)[O-].[Na+]. The third-order valence-electron chi connectivity index (χ3n) is 2.42. The van der Waals surface area contributed by atoms with Gasteiger partial charge in [0.25, 0.3) is 0 Å². The van der Waals surface area contributed by atoms with Crippen LogP contribution in [0.5, 0.6) is 0 Å². The maximum Gasteiger partial charge on any atom is 1.00 e. The van der Waals surface area contributed by atoms with E-state index in [4.69, 9.17) is 5.11 Å². The van der Waals surface area contributed by atoms with Gasteiger partial charge < -0.3 is 9.66 Å². The van der Waals surface area contributed by atoms with Crippen LogP contribution < -0.4 is 29.6 Å². The van der Waals surface area contributed by atoms with Crippen molar-refractivity contribution in [2.45, 2.75) is 51.9 Å². The van der Waals surface area contributed by atoms with E-state index in [0.717, 1.165) is 19.3 Å². The van der Waals surface area contributed by atoms with E-state index in [0.29, 0.717) is 5.92 Å². The predicted octanol–water partition coefficient (Wildman–Crippen LogP) is -1.29. The van der Waals surface area contributed by atoms with E-state index < -0.39 is 15.6 Å². The fourth-order valence-corrected chi connectivity index (χ4v) is 2.02. The van der Waals surface area contributed by atoms with Crippen LogP contribution in [0.4, 0.5) is 0 Å². The Morgan fingerprint density at radius 2 is 1.69 bits per heavy atom. The van der Waals surface area contributed by atoms with Crippen molar-refractivity contribution in [1.82, 2.24) is 0 Å². The number of rotatable bonds is 7. The zero-order chi connectivity index (χ0) is 12.1. The zero-order valence-corrected chi connectivity index (χ0v) is 13.5. The number of aliphatic hydroxyl groups is 1. The molecule has 4 nitrogen and oxygen atoms in total. The summed E-state index contributed by atoms with van der Waals surface area (Å²) in [5, 5.41) is 9.06. The second-order valence-electron chi connectivity index (χ2n) is 4.61. The number of aliphatic hydroxyl groups excluding tert-OH is 1. The Bertz CT molecular complexity index is 264. The summed E-state index contributed by atoms with van der Waals surface area (Å²) in [4.78, 5) is 0. The molecule has 0 aliphatic heterocycles. The first-order valence-corrected chi connectivity index (χ1v) is 6.83. The van der Waals surface area contributed by atoms with Gasteiger partial charge in [0.2, 0.25) is 0 Å². The molecule has 92 valence electrons. The first kappa shape index (κ1) is 19.2. The van der Waals surface area contributed by atoms with Gasteiger partial charge in [-0.15, -0.1) is 0 Å². The van der Waals surface area contributed by atoms with E-state index >= 15 is 0 Å². The molecule has 0 aromatic rings. The van der Waals surface area contributed by atoms with Crippen molar-refractivity contribution in [1.29, 1.82) is 0 Å². The van der Waals surface area contributed by atoms with E-state index in [2.05, 4.69) is 13.8 Å². The van der Waals surface area contributed by atoms with E-state index in [-0.39, 0.29) is 41.9 Å². The number of hydrogen-bond acceptors (Lipinski definition) is 4. The quantitative estimate of drug-likeness (QED) is 0.456. The van der Waals surface area contributed by atoms with Gasteiger partial charge in [-0.1, -0.05) is 40.0 Å². The maximum atomic E-state index is 10.4. The smallest absolute Gasteiger partial charge is 0.746 e. The molecule has 0 fully saturated rings. The summed E-state index contributed by atoms with van der Waals surface area (Å²) in [7, 11) is -4.53. The summed E-state index contributed by atoms with van der Waals surface area (Å²) in [5.74, 6) is 0.702. The van der Waals surface area contributed by atoms with E-state index in [9.17, 15) is 13.0 Å². The van der Waals surface area contributed by atoms with Crippen LogP contribution in [0.3, 0.4) is 0 Å². The van der Waals surface area contributed by atoms with Gasteiger partial charge in [-0.25, -0.2) is 8.42 Å². The summed E-state index contributed by atoms with van der Waals surface area (Å²) in [6, 6.07) is 0. The Balaban J connectivity index is 0. The Morgan fingerprint density at radius 1 is 1.19 bits per heavy atom. The van der Waals surface area contributed by atoms with Crippen molar-refractivity contribution in [3.05, 3.63) is 0 Å². The Hall–Kier alpha value is 0.870. The van der Waals surface area contributed by atoms with Crippen LogP contribution in [0.15, 0.2) is 0 Å². The number of hydrogen-bond donors (Lipinski definition) is 1. The van der Waals surface area contributed by atoms with E-state index in [1.807, 2.05) is 6.92 Å². The van der Waals surface area contributed by atoms with Crippen molar-refractivity contribution >= 4 is 10.1 Å². The predicted molar refractivity (Wildman–Crippen MR) is 58.2 cm³/mol. The van der Waals surface area contributed by atoms with Crippen molar-refractivity contribution in [3.8, 4) is 0 Å². The fourth-order valence-electron chi connectivity index (χ4n) is 1.45. The molecule has 1 N–H and O–H groups in total. The minimum Gasteiger partial charge on any atom is -0.746 e. The van der Waals surface area contributed by atoms with Crippen molar-refractivity contribution in [2.75, 3.05) is 0 Å². The monoisotopic (exact) mass is 260 g/mol. The van der Waals surface area contributed by atoms with E-state index in [1.54, 1.807) is 0 Å². The summed E-state index contributed by atoms with van der Waals surface area (Å²) in [5.41, 5.74) is -1.74. The first-order chi connectivity index (χ1) is 6.73. The molecule has 0 aliphatic carbocycles. The molecule has 0 saturated heterocycles. The van der Waals surface area contributed by atoms with E-state index in [1.165, 1.54) is 0 Å². The van der Waals surface area contributed by atoms with Gasteiger partial charge in [0.05, 0.1) is 0 Å². The van der Waals surface area contributed by atoms with Crippen LogP contribution in [0.25, 0.3) is 0 Å². The molecule has 0 radical (unpaired) electrons. The molecule has 0 bridgehead atoms. The zero-order valence-electron chi connectivity index (χ0n) is 10.6. The summed E-state index contributed by atoms with van der Waals surface area (Å²) in [6.45, 7) is 6.11. The topological polar surface area (TPSA) is 77.4 Å². The molecule has 0 amide bonds. The standard InChI is InChI=1S/C10H22O4S.Na/c1-8(2)5-4-6-9(3)7-10(11)15(12,13)14;/h8-11H,4-7H2,1-3H3,(H,12,13,14);/q;+1/p-1. The minimum absolute atomic E-state index is 0. The summed E-state index contributed by atoms with van der Waals surface area (Å²) < 4.78 is 31.3. The Morgan fingerprint density at radius 3 is 2.06 bits per heavy atom. The van der Waals surface area contributed by atoms with Gasteiger partial charge in [-0.05, 0) is 18.3 Å². The molecule has 0 rings (SSSR count). The molecule has 2 atom stereocenters. The van der Waals surface area contributed by atoms with Crippen molar-refractivity contribution in [3.63, 3.8) is 0 Å². The van der Waals surface area contributed by atoms with Gasteiger partial charge in [0.15, 0.2) is 0 Å². The molecule has 0 aliphatic rings. The van der Waals surface area contributed by atoms with Gasteiger partial charge in [0.1, 0.15) is 15.6 Å². The van der Waals surface area contributed by atoms with Crippen LogP contribution in [-0.4, -0.2) is 23.5 Å². The molecule has 0 aromatic heterocycles. The third-order valence-corrected chi connectivity index (χ3v) is 3.27. The molecule has 16 heavy (non-hydrogen) atoms. The van der Waals surface area contributed by atoms with Crippen molar-refractivity contribution in [2.24, 2.45) is 11.8 Å². The van der Waals surface area contributed by atoms with Crippen LogP contribution in [-0.2, 0) is 10.1 Å². The molecule has 2 unspecified atom stereocenters. The Labute approximate surface area is 121 Å². The molecule has 0 aromatic carbocycles. The van der Waals surface area contributed by atoms with Crippen LogP contribution in [0, 0.1) is 11.8 Å². The fraction of sp³-hybridized carbons (Fsp3) is 1.00. The van der Waals surface area contributed by atoms with Crippen molar-refractivity contribution < 1.29 is 47.6 Å². The summed E-state index contributed by atoms with van der Waals surface area (Å²) in [6.07, 6.45) is 2.99. The normalized spacial score (nSPS) is 15.6. The average Bonchev–Trinajstić information content (AvgIpc) is 2.01. The molecule has 0 spiro atoms. The van der Waals surface area contributed by atoms with Crippen LogP contribution >= 0.6 is 0 Å². The molecule has 0 saturated carbocycles. The van der Waals surface area contributed by atoms with Gasteiger partial charge in [-0.2, -0.15) is 0 Å².